The van der Waals surface area contributed by atoms with Crippen LogP contribution < -0.4 is 14.4 Å². The number of nitrogens with zero attached hydrogens (tertiary/aromatic N) is 3. The molecular formula is C28H42N4O5S. The molecule has 210 valence electrons. The molecule has 38 heavy (non-hydrogen) atoms. The summed E-state index contributed by atoms with van der Waals surface area (Å²) in [7, 11) is 0.432. The lowest BCUT2D eigenvalue weighted by Gasteiger charge is -2.34. The number of rotatable bonds is 14. The maximum atomic E-state index is 14.0. The highest BCUT2D eigenvalue weighted by Crippen LogP contribution is 2.26. The van der Waals surface area contributed by atoms with Crippen LogP contribution in [0.5, 0.6) is 5.75 Å². The molecule has 10 heteroatoms. The third kappa shape index (κ3) is 7.94. The predicted octanol–water partition coefficient (Wildman–Crippen LogP) is 3.65. The van der Waals surface area contributed by atoms with E-state index in [9.17, 15) is 18.0 Å². The van der Waals surface area contributed by atoms with E-state index in [1.807, 2.05) is 52.0 Å². The molecule has 9 nitrogen and oxygen atoms in total. The van der Waals surface area contributed by atoms with E-state index in [0.29, 0.717) is 24.4 Å². The number of carbonyl (C=O) groups excluding carboxylic acids is 2. The third-order valence-corrected chi connectivity index (χ3v) is 8.19. The Labute approximate surface area is 227 Å². The van der Waals surface area contributed by atoms with Crippen molar-refractivity contribution >= 4 is 27.7 Å². The Morgan fingerprint density at radius 3 is 2.24 bits per heavy atom. The molecule has 0 bridgehead atoms. The fourth-order valence-electron chi connectivity index (χ4n) is 4.04. The van der Waals surface area contributed by atoms with Crippen LogP contribution in [0.1, 0.15) is 49.8 Å². The zero-order chi connectivity index (χ0) is 28.5. The molecule has 2 aromatic carbocycles. The second-order valence-electron chi connectivity index (χ2n) is 9.53. The molecule has 2 amide bonds. The summed E-state index contributed by atoms with van der Waals surface area (Å²) < 4.78 is 34.3. The van der Waals surface area contributed by atoms with Crippen molar-refractivity contribution < 1.29 is 22.7 Å². The van der Waals surface area contributed by atoms with Gasteiger partial charge in [0.2, 0.25) is 11.8 Å². The summed E-state index contributed by atoms with van der Waals surface area (Å²) >= 11 is 0. The lowest BCUT2D eigenvalue weighted by Crippen LogP contribution is -2.53. The first kappa shape index (κ1) is 31.1. The minimum absolute atomic E-state index is 0.144. The molecule has 1 unspecified atom stereocenters. The van der Waals surface area contributed by atoms with Gasteiger partial charge in [-0.3, -0.25) is 9.59 Å². The van der Waals surface area contributed by atoms with Crippen molar-refractivity contribution in [1.29, 1.82) is 0 Å². The number of ether oxygens (including phenoxy) is 1. The van der Waals surface area contributed by atoms with Gasteiger partial charge in [0, 0.05) is 27.2 Å². The summed E-state index contributed by atoms with van der Waals surface area (Å²) in [5.41, 5.74) is 2.82. The Morgan fingerprint density at radius 2 is 1.68 bits per heavy atom. The second kappa shape index (κ2) is 14.2. The molecule has 0 saturated carbocycles. The van der Waals surface area contributed by atoms with Crippen molar-refractivity contribution in [3.63, 3.8) is 0 Å². The molecule has 0 saturated heterocycles. The monoisotopic (exact) mass is 546 g/mol. The Morgan fingerprint density at radius 1 is 1.03 bits per heavy atom. The first-order chi connectivity index (χ1) is 18.0. The van der Waals surface area contributed by atoms with Crippen molar-refractivity contribution in [2.45, 2.75) is 59.5 Å². The van der Waals surface area contributed by atoms with Gasteiger partial charge in [0.15, 0.2) is 0 Å². The van der Waals surface area contributed by atoms with Gasteiger partial charge in [0.25, 0.3) is 0 Å². The number of anilines is 1. The molecule has 0 radical (unpaired) electrons. The summed E-state index contributed by atoms with van der Waals surface area (Å²) in [6, 6.07) is 12.0. The van der Waals surface area contributed by atoms with Crippen LogP contribution in [0, 0.1) is 13.8 Å². The average molecular weight is 547 g/mol. The fourth-order valence-corrected chi connectivity index (χ4v) is 5.16. The van der Waals surface area contributed by atoms with Crippen LogP contribution in [-0.2, 0) is 26.3 Å². The zero-order valence-corrected chi connectivity index (χ0v) is 24.5. The van der Waals surface area contributed by atoms with E-state index >= 15 is 0 Å². The van der Waals surface area contributed by atoms with Gasteiger partial charge in [0.1, 0.15) is 18.3 Å². The van der Waals surface area contributed by atoms with Crippen molar-refractivity contribution in [2.75, 3.05) is 38.6 Å². The van der Waals surface area contributed by atoms with Crippen molar-refractivity contribution in [3.8, 4) is 5.75 Å². The maximum absolute atomic E-state index is 14.0. The summed E-state index contributed by atoms with van der Waals surface area (Å²) in [5, 5.41) is 2.93. The average Bonchev–Trinajstić information content (AvgIpc) is 2.88. The van der Waals surface area contributed by atoms with Gasteiger partial charge in [-0.15, -0.1) is 0 Å². The second-order valence-corrected chi connectivity index (χ2v) is 11.6. The number of hydrogen-bond donors (Lipinski definition) is 1. The van der Waals surface area contributed by atoms with Gasteiger partial charge >= 0.3 is 10.2 Å². The summed E-state index contributed by atoms with van der Waals surface area (Å²) in [4.78, 5) is 28.6. The quantitative estimate of drug-likeness (QED) is 0.365. The highest BCUT2D eigenvalue weighted by molar-refractivity contribution is 7.90. The number of carbonyl (C=O) groups is 2. The first-order valence-electron chi connectivity index (χ1n) is 12.9. The first-order valence-corrected chi connectivity index (χ1v) is 14.3. The van der Waals surface area contributed by atoms with Crippen LogP contribution in [0.3, 0.4) is 0 Å². The fraction of sp³-hybridized carbons (Fsp3) is 0.500. The molecule has 0 aliphatic carbocycles. The number of hydrogen-bond acceptors (Lipinski definition) is 5. The van der Waals surface area contributed by atoms with Gasteiger partial charge in [-0.25, -0.2) is 4.31 Å². The molecule has 0 heterocycles. The van der Waals surface area contributed by atoms with Crippen LogP contribution in [0.2, 0.25) is 0 Å². The lowest BCUT2D eigenvalue weighted by atomic mass is 10.1. The SMILES string of the molecule is CCCCNC(=O)C(CC)N(Cc1ccc(OC)cc1)C(=O)CN(c1cc(C)ccc1C)S(=O)(=O)N(C)C. The molecule has 2 aromatic rings. The van der Waals surface area contributed by atoms with E-state index in [2.05, 4.69) is 5.32 Å². The Kier molecular flexibility index (Phi) is 11.6. The van der Waals surface area contributed by atoms with Gasteiger partial charge in [-0.05, 0) is 61.6 Å². The Balaban J connectivity index is 2.51. The van der Waals surface area contributed by atoms with Crippen LogP contribution in [-0.4, -0.2) is 69.8 Å². The Hall–Kier alpha value is -3.11. The summed E-state index contributed by atoms with van der Waals surface area (Å²) in [6.45, 7) is 7.77. The molecule has 0 aromatic heterocycles. The number of methoxy groups -OCH3 is 1. The van der Waals surface area contributed by atoms with E-state index in [4.69, 9.17) is 4.74 Å². The third-order valence-electron chi connectivity index (χ3n) is 6.38. The molecule has 2 rings (SSSR count). The van der Waals surface area contributed by atoms with Crippen molar-refractivity contribution in [3.05, 3.63) is 59.2 Å². The molecule has 1 atom stereocenters. The maximum Gasteiger partial charge on any atom is 0.304 e. The molecule has 0 spiro atoms. The molecule has 1 N–H and O–H groups in total. The number of benzene rings is 2. The van der Waals surface area contributed by atoms with E-state index in [1.54, 1.807) is 25.3 Å². The van der Waals surface area contributed by atoms with Gasteiger partial charge in [-0.2, -0.15) is 12.7 Å². The minimum Gasteiger partial charge on any atom is -0.497 e. The molecular weight excluding hydrogens is 504 g/mol. The highest BCUT2D eigenvalue weighted by Gasteiger charge is 2.34. The van der Waals surface area contributed by atoms with Crippen LogP contribution >= 0.6 is 0 Å². The smallest absolute Gasteiger partial charge is 0.304 e. The zero-order valence-electron chi connectivity index (χ0n) is 23.7. The van der Waals surface area contributed by atoms with E-state index < -0.39 is 28.7 Å². The predicted molar refractivity (Wildman–Crippen MR) is 151 cm³/mol. The Bertz CT molecular complexity index is 1180. The van der Waals surface area contributed by atoms with E-state index in [-0.39, 0.29) is 12.5 Å². The molecule has 0 aliphatic rings. The topological polar surface area (TPSA) is 99.3 Å². The molecule has 0 fully saturated rings. The van der Waals surface area contributed by atoms with Crippen molar-refractivity contribution in [1.82, 2.24) is 14.5 Å². The van der Waals surface area contributed by atoms with Crippen LogP contribution in [0.25, 0.3) is 0 Å². The summed E-state index contributed by atoms with van der Waals surface area (Å²) in [5.74, 6) is -0.0460. The van der Waals surface area contributed by atoms with E-state index in [1.165, 1.54) is 19.0 Å². The van der Waals surface area contributed by atoms with Crippen LogP contribution in [0.15, 0.2) is 42.5 Å². The van der Waals surface area contributed by atoms with Crippen LogP contribution in [0.4, 0.5) is 5.69 Å². The number of unbranched alkanes of at least 4 members (excludes halogenated alkanes) is 1. The highest BCUT2D eigenvalue weighted by atomic mass is 32.2. The number of aryl methyl sites for hydroxylation is 2. The largest absolute Gasteiger partial charge is 0.497 e. The standard InChI is InChI=1S/C28H42N4O5S/c1-8-10-17-29-28(34)25(9-2)31(19-23-13-15-24(37-7)16-14-23)27(33)20-32(38(35,36)30(5)6)26-18-21(3)11-12-22(26)4/h11-16,18,25H,8-10,17,19-20H2,1-7H3,(H,29,34). The van der Waals surface area contributed by atoms with Gasteiger partial charge < -0.3 is 15.0 Å². The lowest BCUT2D eigenvalue weighted by molar-refractivity contribution is -0.140. The minimum atomic E-state index is -4.01. The van der Waals surface area contributed by atoms with Crippen molar-refractivity contribution in [2.24, 2.45) is 0 Å². The normalized spacial score (nSPS) is 12.2. The number of nitrogens with one attached hydrogen (secondary N) is 1. The molecule has 0 aliphatic heterocycles. The number of amides is 2. The summed E-state index contributed by atoms with van der Waals surface area (Å²) in [6.07, 6.45) is 2.14. The van der Waals surface area contributed by atoms with Gasteiger partial charge in [0.05, 0.1) is 12.8 Å². The van der Waals surface area contributed by atoms with E-state index in [0.717, 1.165) is 38.1 Å². The van der Waals surface area contributed by atoms with Gasteiger partial charge in [-0.1, -0.05) is 44.5 Å².